The molecule has 0 N–H and O–H groups in total. The normalized spacial score (nSPS) is 13.8. The second-order valence-electron chi connectivity index (χ2n) is 18.3. The van der Waals surface area contributed by atoms with E-state index < -0.39 is 5.41 Å². The third-order valence-electron chi connectivity index (χ3n) is 14.6. The Labute approximate surface area is 385 Å². The molecule has 1 aromatic heterocycles. The van der Waals surface area contributed by atoms with Crippen molar-refractivity contribution in [3.63, 3.8) is 0 Å². The highest BCUT2D eigenvalue weighted by Crippen LogP contribution is 2.64. The van der Waals surface area contributed by atoms with Gasteiger partial charge in [-0.25, -0.2) is 0 Å². The maximum absolute atomic E-state index is 6.67. The largest absolute Gasteiger partial charge is 0.456 e. The van der Waals surface area contributed by atoms with Crippen LogP contribution in [0.1, 0.15) is 47.2 Å². The molecule has 1 heterocycles. The zero-order valence-electron chi connectivity index (χ0n) is 36.9. The van der Waals surface area contributed by atoms with Crippen LogP contribution in [-0.4, -0.2) is 0 Å². The minimum absolute atomic E-state index is 0.187. The van der Waals surface area contributed by atoms with Gasteiger partial charge in [0.2, 0.25) is 0 Å². The molecular formula is C64H45NO. The van der Waals surface area contributed by atoms with Crippen molar-refractivity contribution in [2.24, 2.45) is 0 Å². The summed E-state index contributed by atoms with van der Waals surface area (Å²) >= 11 is 0. The van der Waals surface area contributed by atoms with Crippen LogP contribution >= 0.6 is 0 Å². The molecule has 2 aliphatic rings. The van der Waals surface area contributed by atoms with Gasteiger partial charge < -0.3 is 9.32 Å². The first-order valence-corrected chi connectivity index (χ1v) is 23.0. The number of hydrogen-bond acceptors (Lipinski definition) is 2. The molecule has 0 radical (unpaired) electrons. The van der Waals surface area contributed by atoms with Crippen LogP contribution in [0, 0.1) is 0 Å². The smallest absolute Gasteiger partial charge is 0.137 e. The SMILES string of the molecule is CC1(C)c2ccccc2C2(c3ccccc3-c3c(N(c4ccc5c(c4)oc4ccccc45)c4ccccc4-c4ccccc4-c4ccccc4-c4ccccc4)cccc32)c2ccccc21. The Hall–Kier alpha value is -8.20. The summed E-state index contributed by atoms with van der Waals surface area (Å²) in [6.07, 6.45) is 0. The lowest BCUT2D eigenvalue weighted by atomic mass is 9.55. The monoisotopic (exact) mass is 843 g/mol. The third-order valence-corrected chi connectivity index (χ3v) is 14.6. The van der Waals surface area contributed by atoms with E-state index in [9.17, 15) is 0 Å². The molecule has 13 rings (SSSR count). The van der Waals surface area contributed by atoms with Gasteiger partial charge in [0.25, 0.3) is 0 Å². The molecule has 2 nitrogen and oxygen atoms in total. The summed E-state index contributed by atoms with van der Waals surface area (Å²) in [5, 5.41) is 2.22. The minimum atomic E-state index is -0.535. The molecule has 0 amide bonds. The van der Waals surface area contributed by atoms with Gasteiger partial charge in [0, 0.05) is 39.1 Å². The van der Waals surface area contributed by atoms with E-state index in [1.54, 1.807) is 0 Å². The fourth-order valence-electron chi connectivity index (χ4n) is 11.8. The van der Waals surface area contributed by atoms with Crippen LogP contribution in [0.5, 0.6) is 0 Å². The van der Waals surface area contributed by atoms with Crippen molar-refractivity contribution >= 4 is 39.0 Å². The van der Waals surface area contributed by atoms with Gasteiger partial charge in [0.1, 0.15) is 11.2 Å². The van der Waals surface area contributed by atoms with Crippen molar-refractivity contribution in [1.29, 1.82) is 0 Å². The quantitative estimate of drug-likeness (QED) is 0.166. The average molecular weight is 844 g/mol. The number of furan rings is 1. The first kappa shape index (κ1) is 38.3. The second-order valence-corrected chi connectivity index (χ2v) is 18.3. The molecule has 0 saturated heterocycles. The van der Waals surface area contributed by atoms with E-state index in [0.717, 1.165) is 50.1 Å². The Morgan fingerprint density at radius 1 is 0.333 bits per heavy atom. The van der Waals surface area contributed by atoms with Crippen LogP contribution in [0.25, 0.3) is 66.4 Å². The predicted molar refractivity (Wildman–Crippen MR) is 274 cm³/mol. The van der Waals surface area contributed by atoms with Crippen molar-refractivity contribution < 1.29 is 4.42 Å². The lowest BCUT2D eigenvalue weighted by molar-refractivity contribution is 0.563. The Bertz CT molecular complexity index is 3650. The maximum Gasteiger partial charge on any atom is 0.137 e. The van der Waals surface area contributed by atoms with E-state index >= 15 is 0 Å². The molecule has 0 fully saturated rings. The highest BCUT2D eigenvalue weighted by molar-refractivity contribution is 6.08. The molecule has 2 aliphatic carbocycles. The average Bonchev–Trinajstić information content (AvgIpc) is 3.90. The van der Waals surface area contributed by atoms with Crippen LogP contribution < -0.4 is 4.90 Å². The first-order valence-electron chi connectivity index (χ1n) is 23.0. The molecule has 312 valence electrons. The van der Waals surface area contributed by atoms with Gasteiger partial charge >= 0.3 is 0 Å². The Morgan fingerprint density at radius 2 is 0.818 bits per heavy atom. The molecule has 0 aliphatic heterocycles. The maximum atomic E-state index is 6.67. The van der Waals surface area contributed by atoms with Crippen molar-refractivity contribution in [1.82, 2.24) is 0 Å². The molecule has 11 aromatic rings. The van der Waals surface area contributed by atoms with E-state index in [1.807, 2.05) is 6.07 Å². The summed E-state index contributed by atoms with van der Waals surface area (Å²) in [6.45, 7) is 4.78. The molecular weight excluding hydrogens is 799 g/mol. The van der Waals surface area contributed by atoms with Crippen molar-refractivity contribution in [3.8, 4) is 44.5 Å². The lowest BCUT2D eigenvalue weighted by Gasteiger charge is -2.46. The van der Waals surface area contributed by atoms with Gasteiger partial charge in [-0.1, -0.05) is 214 Å². The fraction of sp³-hybridized carbons (Fsp3) is 0.0625. The van der Waals surface area contributed by atoms with E-state index in [2.05, 4.69) is 249 Å². The first-order chi connectivity index (χ1) is 32.5. The second kappa shape index (κ2) is 14.7. The molecule has 0 bridgehead atoms. The zero-order valence-corrected chi connectivity index (χ0v) is 36.9. The van der Waals surface area contributed by atoms with Crippen LogP contribution in [0.2, 0.25) is 0 Å². The Morgan fingerprint density at radius 3 is 1.53 bits per heavy atom. The van der Waals surface area contributed by atoms with E-state index in [1.165, 1.54) is 66.8 Å². The van der Waals surface area contributed by atoms with Crippen LogP contribution in [0.15, 0.2) is 241 Å². The number of fused-ring (bicyclic) bond motifs is 12. The minimum Gasteiger partial charge on any atom is -0.456 e. The number of nitrogens with zero attached hydrogens (tertiary/aromatic N) is 1. The van der Waals surface area contributed by atoms with Crippen molar-refractivity contribution in [2.45, 2.75) is 24.7 Å². The fourth-order valence-corrected chi connectivity index (χ4v) is 11.8. The third kappa shape index (κ3) is 5.42. The number of benzene rings is 10. The van der Waals surface area contributed by atoms with Gasteiger partial charge in [-0.05, 0) is 97.1 Å². The van der Waals surface area contributed by atoms with E-state index in [4.69, 9.17) is 4.42 Å². The molecule has 66 heavy (non-hydrogen) atoms. The Kier molecular flexibility index (Phi) is 8.51. The summed E-state index contributed by atoms with van der Waals surface area (Å²) in [4.78, 5) is 2.50. The predicted octanol–water partition coefficient (Wildman–Crippen LogP) is 17.1. The van der Waals surface area contributed by atoms with Gasteiger partial charge in [0.15, 0.2) is 0 Å². The van der Waals surface area contributed by atoms with Gasteiger partial charge in [-0.3, -0.25) is 0 Å². The highest BCUT2D eigenvalue weighted by Gasteiger charge is 2.54. The van der Waals surface area contributed by atoms with E-state index in [0.29, 0.717) is 0 Å². The van der Waals surface area contributed by atoms with Crippen molar-refractivity contribution in [2.75, 3.05) is 4.90 Å². The van der Waals surface area contributed by atoms with Crippen LogP contribution in [0.3, 0.4) is 0 Å². The van der Waals surface area contributed by atoms with Gasteiger partial charge in [-0.15, -0.1) is 0 Å². The molecule has 0 saturated carbocycles. The Balaban J connectivity index is 1.11. The lowest BCUT2D eigenvalue weighted by Crippen LogP contribution is -2.40. The molecule has 0 atom stereocenters. The summed E-state index contributed by atoms with van der Waals surface area (Å²) in [6, 6.07) is 87.0. The summed E-state index contributed by atoms with van der Waals surface area (Å²) < 4.78 is 6.67. The number of hydrogen-bond donors (Lipinski definition) is 0. The van der Waals surface area contributed by atoms with Crippen molar-refractivity contribution in [3.05, 3.63) is 270 Å². The van der Waals surface area contributed by atoms with Crippen LogP contribution in [-0.2, 0) is 10.8 Å². The molecule has 0 unspecified atom stereocenters. The number of rotatable bonds is 6. The summed E-state index contributed by atoms with van der Waals surface area (Å²) in [5.41, 5.74) is 21.8. The summed E-state index contributed by atoms with van der Waals surface area (Å²) in [5.74, 6) is 0. The summed E-state index contributed by atoms with van der Waals surface area (Å²) in [7, 11) is 0. The molecule has 1 spiro atoms. The number of para-hydroxylation sites is 2. The zero-order chi connectivity index (χ0) is 44.0. The van der Waals surface area contributed by atoms with Gasteiger partial charge in [-0.2, -0.15) is 0 Å². The molecule has 2 heteroatoms. The number of anilines is 3. The molecule has 10 aromatic carbocycles. The topological polar surface area (TPSA) is 16.4 Å². The van der Waals surface area contributed by atoms with Crippen LogP contribution in [0.4, 0.5) is 17.1 Å². The van der Waals surface area contributed by atoms with Gasteiger partial charge in [0.05, 0.1) is 16.8 Å². The highest BCUT2D eigenvalue weighted by atomic mass is 16.3. The van der Waals surface area contributed by atoms with E-state index in [-0.39, 0.29) is 5.41 Å². The standard InChI is InChI=1S/C64H45NO/c1-63(2)53-31-14-16-33-55(53)64(56-34-17-15-32-54(56)63)52-30-13-10-29-51(52)62-57(64)35-20-37-59(62)65(43-39-40-50-49-28-12-19-38-60(49)66-61(50)41-43)58-36-18-11-27-48(58)47-26-9-8-25-46(47)45-24-7-6-23-44(45)42-21-4-3-5-22-42/h3-41H,1-2H3.